The van der Waals surface area contributed by atoms with E-state index in [0.29, 0.717) is 22.9 Å². The number of rotatable bonds is 5. The van der Waals surface area contributed by atoms with Crippen LogP contribution in [-0.4, -0.2) is 39.3 Å². The van der Waals surface area contributed by atoms with Gasteiger partial charge in [0.1, 0.15) is 11.4 Å². The van der Waals surface area contributed by atoms with Gasteiger partial charge in [-0.1, -0.05) is 6.92 Å². The zero-order chi connectivity index (χ0) is 16.3. The molecule has 3 N–H and O–H groups in total. The number of benzene rings is 1. The molecule has 0 saturated carbocycles. The second-order valence-corrected chi connectivity index (χ2v) is 5.16. The normalized spacial score (nSPS) is 13.5. The van der Waals surface area contributed by atoms with Gasteiger partial charge in [0.05, 0.1) is 13.0 Å². The average Bonchev–Trinajstić information content (AvgIpc) is 2.92. The lowest BCUT2D eigenvalue weighted by Gasteiger charge is -2.16. The maximum Gasteiger partial charge on any atom is 0.228 e. The first-order valence-corrected chi connectivity index (χ1v) is 6.94. The number of hydrogen-bond donors (Lipinski definition) is 2. The molecule has 0 aliphatic carbocycles. The minimum atomic E-state index is -0.291. The molecule has 0 aliphatic heterocycles. The zero-order valence-electron chi connectivity index (χ0n) is 13.1. The van der Waals surface area contributed by atoms with Gasteiger partial charge in [-0.2, -0.15) is 4.68 Å². The fourth-order valence-corrected chi connectivity index (χ4v) is 1.88. The van der Waals surface area contributed by atoms with Gasteiger partial charge in [0.2, 0.25) is 5.91 Å². The molecular weight excluding hydrogens is 284 g/mol. The molecule has 0 radical (unpaired) electrons. The first-order chi connectivity index (χ1) is 10.4. The Morgan fingerprint density at radius 1 is 1.41 bits per heavy atom. The van der Waals surface area contributed by atoms with E-state index in [0.717, 1.165) is 0 Å². The third-order valence-corrected chi connectivity index (χ3v) is 3.50. The SMILES string of the molecule is COc1ccc(NC(=O)C(C)C(C)N)cc1-n1nnnc1C. The molecule has 2 unspecified atom stereocenters. The number of amides is 1. The van der Waals surface area contributed by atoms with Crippen molar-refractivity contribution in [3.63, 3.8) is 0 Å². The fraction of sp³-hybridized carbons (Fsp3) is 0.429. The summed E-state index contributed by atoms with van der Waals surface area (Å²) in [6.07, 6.45) is 0. The van der Waals surface area contributed by atoms with Crippen molar-refractivity contribution in [1.82, 2.24) is 20.2 Å². The summed E-state index contributed by atoms with van der Waals surface area (Å²) in [5, 5.41) is 14.2. The van der Waals surface area contributed by atoms with E-state index in [9.17, 15) is 4.79 Å². The van der Waals surface area contributed by atoms with Gasteiger partial charge in [0.15, 0.2) is 5.82 Å². The van der Waals surface area contributed by atoms with Gasteiger partial charge in [-0.05, 0) is 42.5 Å². The van der Waals surface area contributed by atoms with Crippen molar-refractivity contribution < 1.29 is 9.53 Å². The molecule has 1 amide bonds. The number of aryl methyl sites for hydroxylation is 1. The topological polar surface area (TPSA) is 108 Å². The van der Waals surface area contributed by atoms with Crippen molar-refractivity contribution in [2.75, 3.05) is 12.4 Å². The van der Waals surface area contributed by atoms with E-state index in [-0.39, 0.29) is 17.9 Å². The maximum absolute atomic E-state index is 12.1. The Hall–Kier alpha value is -2.48. The Labute approximate surface area is 128 Å². The van der Waals surface area contributed by atoms with Crippen molar-refractivity contribution in [1.29, 1.82) is 0 Å². The molecule has 2 atom stereocenters. The number of carbonyl (C=O) groups is 1. The molecule has 1 aromatic carbocycles. The Balaban J connectivity index is 2.32. The minimum absolute atomic E-state index is 0.139. The summed E-state index contributed by atoms with van der Waals surface area (Å²) in [6, 6.07) is 5.05. The van der Waals surface area contributed by atoms with Crippen LogP contribution in [0.1, 0.15) is 19.7 Å². The molecule has 1 heterocycles. The summed E-state index contributed by atoms with van der Waals surface area (Å²) in [4.78, 5) is 12.1. The fourth-order valence-electron chi connectivity index (χ4n) is 1.88. The number of tetrazole rings is 1. The lowest BCUT2D eigenvalue weighted by Crippen LogP contribution is -2.34. The van der Waals surface area contributed by atoms with Crippen LogP contribution < -0.4 is 15.8 Å². The third kappa shape index (κ3) is 3.22. The van der Waals surface area contributed by atoms with Gasteiger partial charge < -0.3 is 15.8 Å². The number of hydrogen-bond acceptors (Lipinski definition) is 6. The van der Waals surface area contributed by atoms with Crippen molar-refractivity contribution in [2.45, 2.75) is 26.8 Å². The van der Waals surface area contributed by atoms with Crippen LogP contribution in [0.2, 0.25) is 0 Å². The third-order valence-electron chi connectivity index (χ3n) is 3.50. The highest BCUT2D eigenvalue weighted by molar-refractivity contribution is 5.93. The first-order valence-electron chi connectivity index (χ1n) is 6.94. The van der Waals surface area contributed by atoms with Crippen LogP contribution in [0.3, 0.4) is 0 Å². The quantitative estimate of drug-likeness (QED) is 0.849. The van der Waals surface area contributed by atoms with Gasteiger partial charge in [0.25, 0.3) is 0 Å². The van der Waals surface area contributed by atoms with Crippen LogP contribution >= 0.6 is 0 Å². The van der Waals surface area contributed by atoms with Gasteiger partial charge in [0, 0.05) is 11.7 Å². The van der Waals surface area contributed by atoms with Crippen molar-refractivity contribution in [3.8, 4) is 11.4 Å². The lowest BCUT2D eigenvalue weighted by molar-refractivity contribution is -0.119. The molecule has 8 nitrogen and oxygen atoms in total. The predicted molar refractivity (Wildman–Crippen MR) is 81.9 cm³/mol. The molecule has 2 aromatic rings. The number of anilines is 1. The second-order valence-electron chi connectivity index (χ2n) is 5.16. The number of nitrogens with two attached hydrogens (primary N) is 1. The smallest absolute Gasteiger partial charge is 0.228 e. The van der Waals surface area contributed by atoms with Gasteiger partial charge in [-0.15, -0.1) is 5.10 Å². The van der Waals surface area contributed by atoms with E-state index in [4.69, 9.17) is 10.5 Å². The Kier molecular flexibility index (Phi) is 4.71. The summed E-state index contributed by atoms with van der Waals surface area (Å²) in [7, 11) is 1.56. The lowest BCUT2D eigenvalue weighted by atomic mass is 10.0. The minimum Gasteiger partial charge on any atom is -0.494 e. The van der Waals surface area contributed by atoms with E-state index in [1.54, 1.807) is 50.8 Å². The van der Waals surface area contributed by atoms with E-state index < -0.39 is 0 Å². The summed E-state index contributed by atoms with van der Waals surface area (Å²) in [5.74, 6) is 0.791. The largest absolute Gasteiger partial charge is 0.494 e. The molecule has 22 heavy (non-hydrogen) atoms. The molecule has 1 aromatic heterocycles. The Bertz CT molecular complexity index is 667. The molecule has 0 saturated heterocycles. The highest BCUT2D eigenvalue weighted by atomic mass is 16.5. The van der Waals surface area contributed by atoms with Crippen LogP contribution in [0, 0.1) is 12.8 Å². The summed E-state index contributed by atoms with van der Waals surface area (Å²) in [6.45, 7) is 5.37. The second kappa shape index (κ2) is 6.52. The summed E-state index contributed by atoms with van der Waals surface area (Å²) >= 11 is 0. The number of carbonyl (C=O) groups excluding carboxylic acids is 1. The van der Waals surface area contributed by atoms with Gasteiger partial charge >= 0.3 is 0 Å². The molecule has 0 spiro atoms. The first kappa shape index (κ1) is 15.9. The summed E-state index contributed by atoms with van der Waals surface area (Å²) in [5.41, 5.74) is 7.03. The number of nitrogens with one attached hydrogen (secondary N) is 1. The van der Waals surface area contributed by atoms with Crippen molar-refractivity contribution in [2.24, 2.45) is 11.7 Å². The van der Waals surface area contributed by atoms with Gasteiger partial charge in [-0.3, -0.25) is 4.79 Å². The van der Waals surface area contributed by atoms with Crippen molar-refractivity contribution >= 4 is 11.6 Å². The summed E-state index contributed by atoms with van der Waals surface area (Å²) < 4.78 is 6.87. The van der Waals surface area contributed by atoms with Crippen molar-refractivity contribution in [3.05, 3.63) is 24.0 Å². The zero-order valence-corrected chi connectivity index (χ0v) is 13.1. The van der Waals surface area contributed by atoms with Crippen LogP contribution in [0.15, 0.2) is 18.2 Å². The molecule has 2 rings (SSSR count). The number of methoxy groups -OCH3 is 1. The molecule has 0 bridgehead atoms. The molecule has 0 aliphatic rings. The predicted octanol–water partition coefficient (Wildman–Crippen LogP) is 0.901. The molecule has 8 heteroatoms. The van der Waals surface area contributed by atoms with E-state index >= 15 is 0 Å². The average molecular weight is 304 g/mol. The van der Waals surface area contributed by atoms with E-state index in [2.05, 4.69) is 20.8 Å². The monoisotopic (exact) mass is 304 g/mol. The maximum atomic E-state index is 12.1. The van der Waals surface area contributed by atoms with E-state index in [1.807, 2.05) is 0 Å². The standard InChI is InChI=1S/C14H20N6O2/c1-8(9(2)15)14(21)16-11-5-6-13(22-4)12(7-11)20-10(3)17-18-19-20/h5-9H,15H2,1-4H3,(H,16,21). The van der Waals surface area contributed by atoms with Crippen LogP contribution in [-0.2, 0) is 4.79 Å². The van der Waals surface area contributed by atoms with Crippen LogP contribution in [0.4, 0.5) is 5.69 Å². The molecule has 0 fully saturated rings. The highest BCUT2D eigenvalue weighted by Crippen LogP contribution is 2.26. The Morgan fingerprint density at radius 2 is 2.14 bits per heavy atom. The van der Waals surface area contributed by atoms with Gasteiger partial charge in [-0.25, -0.2) is 0 Å². The molecular formula is C14H20N6O2. The van der Waals surface area contributed by atoms with Crippen LogP contribution in [0.25, 0.3) is 5.69 Å². The molecule has 118 valence electrons. The number of aromatic nitrogens is 4. The van der Waals surface area contributed by atoms with E-state index in [1.165, 1.54) is 0 Å². The number of ether oxygens (including phenoxy) is 1. The highest BCUT2D eigenvalue weighted by Gasteiger charge is 2.18. The number of nitrogens with zero attached hydrogens (tertiary/aromatic N) is 4. The van der Waals surface area contributed by atoms with Crippen LogP contribution in [0.5, 0.6) is 5.75 Å². The Morgan fingerprint density at radius 3 is 2.68 bits per heavy atom.